The van der Waals surface area contributed by atoms with E-state index in [1.807, 2.05) is 48.5 Å². The van der Waals surface area contributed by atoms with Crippen LogP contribution in [-0.2, 0) is 11.4 Å². The van der Waals surface area contributed by atoms with Crippen molar-refractivity contribution in [1.82, 2.24) is 0 Å². The molecule has 0 aliphatic heterocycles. The molecule has 4 aromatic rings. The molecule has 4 aromatic carbocycles. The molecule has 0 unspecified atom stereocenters. The van der Waals surface area contributed by atoms with E-state index in [1.165, 1.54) is 37.5 Å². The first-order valence-electron chi connectivity index (χ1n) is 11.0. The summed E-state index contributed by atoms with van der Waals surface area (Å²) >= 11 is 6.48. The second-order valence-electron chi connectivity index (χ2n) is 7.94. The molecule has 184 valence electrons. The molecule has 0 radical (unpaired) electrons. The highest BCUT2D eigenvalue weighted by atomic mass is 35.5. The largest absolute Gasteiger partial charge is 0.493 e. The molecule has 37 heavy (non-hydrogen) atoms. The van der Waals surface area contributed by atoms with Crippen LogP contribution < -0.4 is 14.8 Å². The molecular formula is C28H20ClN3O5. The first-order chi connectivity index (χ1) is 17.9. The van der Waals surface area contributed by atoms with Crippen LogP contribution in [0.4, 0.5) is 11.4 Å². The molecule has 8 nitrogen and oxygen atoms in total. The van der Waals surface area contributed by atoms with E-state index in [2.05, 4.69) is 5.32 Å². The summed E-state index contributed by atoms with van der Waals surface area (Å²) in [5.41, 5.74) is 1.16. The van der Waals surface area contributed by atoms with Crippen molar-refractivity contribution in [2.45, 2.75) is 6.61 Å². The number of hydrogen-bond donors (Lipinski definition) is 1. The molecule has 0 atom stereocenters. The normalized spacial score (nSPS) is 11.0. The Hall–Kier alpha value is -4.87. The average Bonchev–Trinajstić information content (AvgIpc) is 2.90. The number of fused-ring (bicyclic) bond motifs is 1. The molecule has 0 saturated carbocycles. The monoisotopic (exact) mass is 513 g/mol. The van der Waals surface area contributed by atoms with Crippen LogP contribution in [0.2, 0.25) is 5.02 Å². The third-order valence-electron chi connectivity index (χ3n) is 5.44. The van der Waals surface area contributed by atoms with Gasteiger partial charge in [0.15, 0.2) is 11.5 Å². The number of non-ortho nitro benzene ring substituents is 1. The molecular weight excluding hydrogens is 494 g/mol. The van der Waals surface area contributed by atoms with Crippen molar-refractivity contribution in [3.63, 3.8) is 0 Å². The van der Waals surface area contributed by atoms with Gasteiger partial charge in [-0.25, -0.2) is 0 Å². The van der Waals surface area contributed by atoms with E-state index in [-0.39, 0.29) is 28.6 Å². The summed E-state index contributed by atoms with van der Waals surface area (Å²) in [7, 11) is 1.46. The number of nitro groups is 1. The number of rotatable bonds is 8. The van der Waals surface area contributed by atoms with Crippen LogP contribution in [0.3, 0.4) is 0 Å². The van der Waals surface area contributed by atoms with Crippen LogP contribution >= 0.6 is 11.6 Å². The quantitative estimate of drug-likeness (QED) is 0.124. The van der Waals surface area contributed by atoms with Crippen LogP contribution in [0.1, 0.15) is 11.1 Å². The Morgan fingerprint density at radius 3 is 2.59 bits per heavy atom. The molecule has 4 rings (SSSR count). The maximum Gasteiger partial charge on any atom is 0.271 e. The smallest absolute Gasteiger partial charge is 0.271 e. The number of anilines is 1. The lowest BCUT2D eigenvalue weighted by Crippen LogP contribution is -2.13. The topological polar surface area (TPSA) is 114 Å². The van der Waals surface area contributed by atoms with Crippen molar-refractivity contribution in [2.75, 3.05) is 12.4 Å². The van der Waals surface area contributed by atoms with Crippen LogP contribution in [0.25, 0.3) is 16.8 Å². The number of nitrogens with one attached hydrogen (secondary N) is 1. The predicted molar refractivity (Wildman–Crippen MR) is 142 cm³/mol. The minimum Gasteiger partial charge on any atom is -0.493 e. The molecule has 0 heterocycles. The highest BCUT2D eigenvalue weighted by Gasteiger charge is 2.15. The first kappa shape index (κ1) is 25.2. The number of amides is 1. The molecule has 1 amide bonds. The number of carbonyl (C=O) groups excluding carboxylic acids is 1. The summed E-state index contributed by atoms with van der Waals surface area (Å²) in [5, 5.41) is 25.4. The van der Waals surface area contributed by atoms with Gasteiger partial charge in [0.1, 0.15) is 18.2 Å². The van der Waals surface area contributed by atoms with E-state index in [0.717, 1.165) is 16.3 Å². The number of nitro benzene ring substituents is 1. The van der Waals surface area contributed by atoms with Crippen LogP contribution in [0.5, 0.6) is 11.5 Å². The molecule has 0 bridgehead atoms. The molecule has 0 aliphatic carbocycles. The highest BCUT2D eigenvalue weighted by molar-refractivity contribution is 6.32. The molecule has 0 saturated heterocycles. The summed E-state index contributed by atoms with van der Waals surface area (Å²) in [6.07, 6.45) is 1.34. The minimum absolute atomic E-state index is 0.184. The number of hydrogen-bond acceptors (Lipinski definition) is 6. The maximum absolute atomic E-state index is 12.6. The van der Waals surface area contributed by atoms with E-state index in [1.54, 1.807) is 12.1 Å². The summed E-state index contributed by atoms with van der Waals surface area (Å²) < 4.78 is 11.4. The number of methoxy groups -OCH3 is 1. The van der Waals surface area contributed by atoms with Gasteiger partial charge in [0.2, 0.25) is 0 Å². The average molecular weight is 514 g/mol. The fraction of sp³-hybridized carbons (Fsp3) is 0.0714. The third kappa shape index (κ3) is 6.04. The van der Waals surface area contributed by atoms with Gasteiger partial charge in [0, 0.05) is 17.8 Å². The summed E-state index contributed by atoms with van der Waals surface area (Å²) in [6.45, 7) is 0.255. The van der Waals surface area contributed by atoms with Crippen molar-refractivity contribution in [2.24, 2.45) is 0 Å². The van der Waals surface area contributed by atoms with Gasteiger partial charge < -0.3 is 14.8 Å². The zero-order valence-corrected chi connectivity index (χ0v) is 20.4. The number of nitrogens with zero attached hydrogens (tertiary/aromatic N) is 2. The van der Waals surface area contributed by atoms with Crippen LogP contribution in [-0.4, -0.2) is 17.9 Å². The lowest BCUT2D eigenvalue weighted by atomic mass is 10.1. The number of benzene rings is 4. The second-order valence-corrected chi connectivity index (χ2v) is 8.34. The van der Waals surface area contributed by atoms with Crippen molar-refractivity contribution in [1.29, 1.82) is 5.26 Å². The summed E-state index contributed by atoms with van der Waals surface area (Å²) in [5.74, 6) is -0.0698. The van der Waals surface area contributed by atoms with Crippen molar-refractivity contribution in [3.05, 3.63) is 111 Å². The second kappa shape index (κ2) is 11.2. The lowest BCUT2D eigenvalue weighted by Gasteiger charge is -2.14. The predicted octanol–water partition coefficient (Wildman–Crippen LogP) is 6.53. The number of ether oxygens (including phenoxy) is 2. The Morgan fingerprint density at radius 1 is 1.08 bits per heavy atom. The van der Waals surface area contributed by atoms with Gasteiger partial charge >= 0.3 is 0 Å². The minimum atomic E-state index is -0.727. The Morgan fingerprint density at radius 2 is 1.86 bits per heavy atom. The van der Waals surface area contributed by atoms with Gasteiger partial charge in [-0.2, -0.15) is 5.26 Å². The molecule has 0 spiro atoms. The van der Waals surface area contributed by atoms with Gasteiger partial charge in [-0.3, -0.25) is 14.9 Å². The standard InChI is InChI=1S/C28H20ClN3O5/c1-36-26-14-19(12-22(16-30)28(33)31-23-7-4-8-24(15-23)32(34)35)13-25(29)27(26)37-17-18-9-10-20-5-2-3-6-21(20)11-18/h2-15H,17H2,1H3,(H,31,33)/b22-12+. The Balaban J connectivity index is 1.53. The van der Waals surface area contributed by atoms with Crippen molar-refractivity contribution >= 4 is 45.7 Å². The van der Waals surface area contributed by atoms with E-state index in [0.29, 0.717) is 17.1 Å². The molecule has 1 N–H and O–H groups in total. The van der Waals surface area contributed by atoms with Gasteiger partial charge in [-0.15, -0.1) is 0 Å². The third-order valence-corrected chi connectivity index (χ3v) is 5.72. The SMILES string of the molecule is COc1cc(/C=C(\C#N)C(=O)Nc2cccc([N+](=O)[O-])c2)cc(Cl)c1OCc1ccc2ccccc2c1. The van der Waals surface area contributed by atoms with Crippen molar-refractivity contribution < 1.29 is 19.2 Å². The fourth-order valence-electron chi connectivity index (χ4n) is 3.66. The summed E-state index contributed by atoms with van der Waals surface area (Å²) in [6, 6.07) is 24.4. The first-order valence-corrected chi connectivity index (χ1v) is 11.4. The number of carbonyl (C=O) groups is 1. The highest BCUT2D eigenvalue weighted by Crippen LogP contribution is 2.37. The van der Waals surface area contributed by atoms with Gasteiger partial charge in [-0.1, -0.05) is 54.1 Å². The zero-order valence-electron chi connectivity index (χ0n) is 19.6. The van der Waals surface area contributed by atoms with Crippen LogP contribution in [0, 0.1) is 21.4 Å². The van der Waals surface area contributed by atoms with E-state index in [9.17, 15) is 20.2 Å². The van der Waals surface area contributed by atoms with Gasteiger partial charge in [-0.05, 0) is 52.2 Å². The zero-order chi connectivity index (χ0) is 26.4. The Labute approximate surface area is 217 Å². The fourth-order valence-corrected chi connectivity index (χ4v) is 3.93. The van der Waals surface area contributed by atoms with Crippen LogP contribution in [0.15, 0.2) is 84.4 Å². The van der Waals surface area contributed by atoms with E-state index < -0.39 is 10.8 Å². The Kier molecular flexibility index (Phi) is 7.67. The molecule has 0 aliphatic rings. The number of nitriles is 1. The van der Waals surface area contributed by atoms with Gasteiger partial charge in [0.25, 0.3) is 11.6 Å². The van der Waals surface area contributed by atoms with Gasteiger partial charge in [0.05, 0.1) is 17.1 Å². The van der Waals surface area contributed by atoms with Crippen molar-refractivity contribution in [3.8, 4) is 17.6 Å². The Bertz CT molecular complexity index is 1580. The summed E-state index contributed by atoms with van der Waals surface area (Å²) in [4.78, 5) is 23.0. The van der Waals surface area contributed by atoms with E-state index in [4.69, 9.17) is 21.1 Å². The maximum atomic E-state index is 12.6. The molecule has 0 fully saturated rings. The number of halogens is 1. The molecule has 9 heteroatoms. The lowest BCUT2D eigenvalue weighted by molar-refractivity contribution is -0.384. The molecule has 0 aromatic heterocycles. The van der Waals surface area contributed by atoms with E-state index >= 15 is 0 Å².